The fourth-order valence-corrected chi connectivity index (χ4v) is 1.18. The Bertz CT molecular complexity index is 487. The first kappa shape index (κ1) is 10.3. The van der Waals surface area contributed by atoms with E-state index in [2.05, 4.69) is 20.0 Å². The van der Waals surface area contributed by atoms with Crippen LogP contribution in [0.2, 0.25) is 0 Å². The zero-order valence-corrected chi connectivity index (χ0v) is 8.08. The molecule has 1 heterocycles. The van der Waals surface area contributed by atoms with E-state index in [4.69, 9.17) is 5.73 Å². The second kappa shape index (κ2) is 4.13. The number of benzene rings is 1. The van der Waals surface area contributed by atoms with E-state index >= 15 is 0 Å². The van der Waals surface area contributed by atoms with Gasteiger partial charge in [0.15, 0.2) is 11.6 Å². The molecule has 84 valence electrons. The number of aromatic nitrogens is 2. The van der Waals surface area contributed by atoms with E-state index < -0.39 is 11.6 Å². The van der Waals surface area contributed by atoms with Gasteiger partial charge >= 0.3 is 0 Å². The number of nitrogens with one attached hydrogen (secondary N) is 1. The van der Waals surface area contributed by atoms with Crippen molar-refractivity contribution in [1.82, 2.24) is 10.1 Å². The summed E-state index contributed by atoms with van der Waals surface area (Å²) in [5, 5.41) is 6.24. The lowest BCUT2D eigenvalue weighted by molar-refractivity contribution is 0.411. The van der Waals surface area contributed by atoms with E-state index in [1.54, 1.807) is 0 Å². The molecule has 0 saturated heterocycles. The highest BCUT2D eigenvalue weighted by atomic mass is 19.1. The second-order valence-electron chi connectivity index (χ2n) is 3.05. The summed E-state index contributed by atoms with van der Waals surface area (Å²) in [6.07, 6.45) is 1.16. The molecule has 7 heteroatoms. The Labute approximate surface area is 89.3 Å². The average molecular weight is 226 g/mol. The van der Waals surface area contributed by atoms with Crippen molar-refractivity contribution in [3.63, 3.8) is 0 Å². The predicted octanol–water partition coefficient (Wildman–Crippen LogP) is 1.54. The third kappa shape index (κ3) is 2.08. The van der Waals surface area contributed by atoms with Gasteiger partial charge in [0, 0.05) is 6.07 Å². The molecular formula is C9H8F2N4O. The van der Waals surface area contributed by atoms with E-state index in [1.807, 2.05) is 0 Å². The summed E-state index contributed by atoms with van der Waals surface area (Å²) in [4.78, 5) is 3.74. The molecule has 0 unspecified atom stereocenters. The van der Waals surface area contributed by atoms with Gasteiger partial charge in [0.1, 0.15) is 5.82 Å². The number of nitrogen functional groups attached to an aromatic ring is 1. The summed E-state index contributed by atoms with van der Waals surface area (Å²) < 4.78 is 30.4. The molecule has 2 aromatic rings. The molecule has 0 radical (unpaired) electrons. The van der Waals surface area contributed by atoms with Crippen LogP contribution in [0.4, 0.5) is 20.2 Å². The quantitative estimate of drug-likeness (QED) is 0.776. The van der Waals surface area contributed by atoms with E-state index in [0.29, 0.717) is 5.82 Å². The molecule has 0 aliphatic heterocycles. The Morgan fingerprint density at radius 1 is 1.38 bits per heavy atom. The Balaban J connectivity index is 2.15. The summed E-state index contributed by atoms with van der Waals surface area (Å²) in [6.45, 7) is 0.170. The minimum atomic E-state index is -0.810. The lowest BCUT2D eigenvalue weighted by Gasteiger charge is -2.08. The molecule has 2 rings (SSSR count). The van der Waals surface area contributed by atoms with Crippen LogP contribution < -0.4 is 11.1 Å². The molecule has 0 saturated carbocycles. The number of anilines is 2. The van der Waals surface area contributed by atoms with Gasteiger partial charge in [-0.15, -0.1) is 0 Å². The van der Waals surface area contributed by atoms with Gasteiger partial charge in [0.05, 0.1) is 17.9 Å². The van der Waals surface area contributed by atoms with Crippen LogP contribution in [0.3, 0.4) is 0 Å². The smallest absolute Gasteiger partial charge is 0.213 e. The topological polar surface area (TPSA) is 77.0 Å². The van der Waals surface area contributed by atoms with Crippen LogP contribution in [-0.2, 0) is 6.54 Å². The molecule has 0 amide bonds. The van der Waals surface area contributed by atoms with Crippen LogP contribution >= 0.6 is 0 Å². The molecule has 0 bridgehead atoms. The van der Waals surface area contributed by atoms with E-state index in [9.17, 15) is 8.78 Å². The van der Waals surface area contributed by atoms with Crippen LogP contribution in [0.15, 0.2) is 23.0 Å². The van der Waals surface area contributed by atoms with Crippen molar-refractivity contribution in [2.45, 2.75) is 6.54 Å². The molecule has 3 N–H and O–H groups in total. The standard InChI is InChI=1S/C9H8F2N4O/c10-5-1-6(11)9(12)7(2-5)13-3-8-14-4-16-15-8/h1-2,4,13H,3,12H2. The fraction of sp³-hybridized carbons (Fsp3) is 0.111. The molecule has 0 spiro atoms. The molecule has 0 fully saturated rings. The van der Waals surface area contributed by atoms with Crippen molar-refractivity contribution in [3.8, 4) is 0 Å². The number of hydrogen-bond donors (Lipinski definition) is 2. The molecule has 0 aliphatic rings. The summed E-state index contributed by atoms with van der Waals surface area (Å²) in [7, 11) is 0. The monoisotopic (exact) mass is 226 g/mol. The Hall–Kier alpha value is -2.18. The highest BCUT2D eigenvalue weighted by molar-refractivity contribution is 5.66. The maximum atomic E-state index is 13.1. The van der Waals surface area contributed by atoms with Crippen molar-refractivity contribution in [2.24, 2.45) is 0 Å². The number of nitrogens with two attached hydrogens (primary N) is 1. The van der Waals surface area contributed by atoms with Crippen LogP contribution in [0, 0.1) is 11.6 Å². The first-order valence-corrected chi connectivity index (χ1v) is 4.40. The molecule has 1 aromatic heterocycles. The van der Waals surface area contributed by atoms with Gasteiger partial charge < -0.3 is 15.6 Å². The summed E-state index contributed by atoms with van der Waals surface area (Å²) in [6, 6.07) is 1.81. The summed E-state index contributed by atoms with van der Waals surface area (Å²) >= 11 is 0. The van der Waals surface area contributed by atoms with Crippen molar-refractivity contribution in [1.29, 1.82) is 0 Å². The van der Waals surface area contributed by atoms with E-state index in [1.165, 1.54) is 0 Å². The van der Waals surface area contributed by atoms with Crippen molar-refractivity contribution >= 4 is 11.4 Å². The molecule has 1 aromatic carbocycles. The normalized spacial score (nSPS) is 10.4. The van der Waals surface area contributed by atoms with Crippen molar-refractivity contribution in [2.75, 3.05) is 11.1 Å². The zero-order chi connectivity index (χ0) is 11.5. The van der Waals surface area contributed by atoms with Gasteiger partial charge in [0.2, 0.25) is 6.39 Å². The zero-order valence-electron chi connectivity index (χ0n) is 8.08. The summed E-state index contributed by atoms with van der Waals surface area (Å²) in [5.41, 5.74) is 5.43. The van der Waals surface area contributed by atoms with E-state index in [-0.39, 0.29) is 17.9 Å². The average Bonchev–Trinajstić information content (AvgIpc) is 2.74. The first-order valence-electron chi connectivity index (χ1n) is 4.40. The maximum Gasteiger partial charge on any atom is 0.213 e. The summed E-state index contributed by atoms with van der Waals surface area (Å²) in [5.74, 6) is -1.15. The van der Waals surface area contributed by atoms with Gasteiger partial charge in [0.25, 0.3) is 0 Å². The lowest BCUT2D eigenvalue weighted by atomic mass is 10.2. The molecular weight excluding hydrogens is 218 g/mol. The van der Waals surface area contributed by atoms with Crippen LogP contribution in [0.5, 0.6) is 0 Å². The van der Waals surface area contributed by atoms with Crippen molar-refractivity contribution < 1.29 is 13.3 Å². The molecule has 0 atom stereocenters. The number of nitrogens with zero attached hydrogens (tertiary/aromatic N) is 2. The molecule has 5 nitrogen and oxygen atoms in total. The Morgan fingerprint density at radius 2 is 2.19 bits per heavy atom. The lowest BCUT2D eigenvalue weighted by Crippen LogP contribution is -2.05. The van der Waals surface area contributed by atoms with Gasteiger partial charge in [-0.05, 0) is 6.07 Å². The number of halogens is 2. The van der Waals surface area contributed by atoms with Crippen LogP contribution in [-0.4, -0.2) is 10.1 Å². The Morgan fingerprint density at radius 3 is 2.88 bits per heavy atom. The van der Waals surface area contributed by atoms with Crippen LogP contribution in [0.1, 0.15) is 5.82 Å². The fourth-order valence-electron chi connectivity index (χ4n) is 1.18. The largest absolute Gasteiger partial charge is 0.395 e. The number of hydrogen-bond acceptors (Lipinski definition) is 5. The van der Waals surface area contributed by atoms with Gasteiger partial charge in [-0.2, -0.15) is 4.98 Å². The minimum Gasteiger partial charge on any atom is -0.395 e. The molecule has 0 aliphatic carbocycles. The highest BCUT2D eigenvalue weighted by Crippen LogP contribution is 2.23. The minimum absolute atomic E-state index is 0.148. The number of rotatable bonds is 3. The Kier molecular flexibility index (Phi) is 2.67. The third-order valence-corrected chi connectivity index (χ3v) is 1.94. The van der Waals surface area contributed by atoms with E-state index in [0.717, 1.165) is 18.5 Å². The highest BCUT2D eigenvalue weighted by Gasteiger charge is 2.08. The SMILES string of the molecule is Nc1c(F)cc(F)cc1NCc1ncon1. The van der Waals surface area contributed by atoms with Gasteiger partial charge in [-0.25, -0.2) is 8.78 Å². The van der Waals surface area contributed by atoms with Crippen LogP contribution in [0.25, 0.3) is 0 Å². The maximum absolute atomic E-state index is 13.1. The second-order valence-corrected chi connectivity index (χ2v) is 3.05. The van der Waals surface area contributed by atoms with Gasteiger partial charge in [-0.3, -0.25) is 0 Å². The predicted molar refractivity (Wildman–Crippen MR) is 52.4 cm³/mol. The van der Waals surface area contributed by atoms with Crippen molar-refractivity contribution in [3.05, 3.63) is 36.0 Å². The molecule has 16 heavy (non-hydrogen) atoms. The third-order valence-electron chi connectivity index (χ3n) is 1.94. The van der Waals surface area contributed by atoms with Gasteiger partial charge in [-0.1, -0.05) is 5.16 Å². The first-order chi connectivity index (χ1) is 7.66.